The van der Waals surface area contributed by atoms with Crippen LogP contribution in [0.2, 0.25) is 0 Å². The molecule has 0 bridgehead atoms. The lowest BCUT2D eigenvalue weighted by atomic mass is 9.91. The second-order valence-corrected chi connectivity index (χ2v) is 8.20. The number of benzene rings is 3. The first-order valence-corrected chi connectivity index (χ1v) is 11.5. The van der Waals surface area contributed by atoms with Gasteiger partial charge in [0.25, 0.3) is 5.91 Å². The summed E-state index contributed by atoms with van der Waals surface area (Å²) in [6, 6.07) is 17.3. The number of hydrogen-bond donors (Lipinski definition) is 0. The predicted molar refractivity (Wildman–Crippen MR) is 133 cm³/mol. The van der Waals surface area contributed by atoms with Crippen molar-refractivity contribution in [2.45, 2.75) is 12.5 Å². The van der Waals surface area contributed by atoms with Crippen LogP contribution in [0, 0.1) is 0 Å². The van der Waals surface area contributed by atoms with E-state index in [0.717, 1.165) is 11.1 Å². The summed E-state index contributed by atoms with van der Waals surface area (Å²) in [7, 11) is 6.07. The molecule has 1 amide bonds. The standard InChI is InChI=1S/C28H29NO7/c1-32-24-8-6-5-7-21(24)27(30)29-14-13-19-15-25(33-2)26(34-3)16-22(19)23(29)17-36-20-11-9-18(10-12-20)28(31)35-4/h5-12,15-16,23H,13-14,17H2,1-4H3. The van der Waals surface area contributed by atoms with Crippen LogP contribution >= 0.6 is 0 Å². The quantitative estimate of drug-likeness (QED) is 0.434. The van der Waals surface area contributed by atoms with Crippen LogP contribution < -0.4 is 18.9 Å². The van der Waals surface area contributed by atoms with E-state index in [4.69, 9.17) is 23.7 Å². The van der Waals surface area contributed by atoms with E-state index >= 15 is 0 Å². The fourth-order valence-electron chi connectivity index (χ4n) is 4.41. The van der Waals surface area contributed by atoms with Crippen LogP contribution in [0.1, 0.15) is 37.9 Å². The van der Waals surface area contributed by atoms with E-state index < -0.39 is 12.0 Å². The Balaban J connectivity index is 1.68. The highest BCUT2D eigenvalue weighted by Gasteiger charge is 2.34. The van der Waals surface area contributed by atoms with Crippen LogP contribution in [0.3, 0.4) is 0 Å². The van der Waals surface area contributed by atoms with Gasteiger partial charge in [0.2, 0.25) is 0 Å². The normalized spacial score (nSPS) is 14.4. The summed E-state index contributed by atoms with van der Waals surface area (Å²) in [6.45, 7) is 0.690. The van der Waals surface area contributed by atoms with Crippen molar-refractivity contribution in [3.05, 3.63) is 82.9 Å². The lowest BCUT2D eigenvalue weighted by Crippen LogP contribution is -2.42. The van der Waals surface area contributed by atoms with E-state index in [-0.39, 0.29) is 12.5 Å². The molecule has 1 heterocycles. The number of para-hydroxylation sites is 1. The summed E-state index contributed by atoms with van der Waals surface area (Å²) in [5.41, 5.74) is 2.90. The molecule has 8 nitrogen and oxygen atoms in total. The van der Waals surface area contributed by atoms with Crippen molar-refractivity contribution in [3.8, 4) is 23.0 Å². The van der Waals surface area contributed by atoms with E-state index in [1.54, 1.807) is 62.6 Å². The van der Waals surface area contributed by atoms with Gasteiger partial charge in [-0.05, 0) is 66.1 Å². The summed E-state index contributed by atoms with van der Waals surface area (Å²) in [4.78, 5) is 27.3. The lowest BCUT2D eigenvalue weighted by Gasteiger charge is -2.38. The second-order valence-electron chi connectivity index (χ2n) is 8.20. The van der Waals surface area contributed by atoms with Gasteiger partial charge in [-0.3, -0.25) is 4.79 Å². The Bertz CT molecular complexity index is 1240. The number of nitrogens with zero attached hydrogens (tertiary/aromatic N) is 1. The van der Waals surface area contributed by atoms with Crippen molar-refractivity contribution >= 4 is 11.9 Å². The first kappa shape index (κ1) is 24.9. The summed E-state index contributed by atoms with van der Waals surface area (Å²) in [5.74, 6) is 1.73. The Morgan fingerprint density at radius 1 is 0.861 bits per heavy atom. The van der Waals surface area contributed by atoms with Crippen LogP contribution in [-0.2, 0) is 11.2 Å². The van der Waals surface area contributed by atoms with Crippen LogP contribution in [0.4, 0.5) is 0 Å². The molecular weight excluding hydrogens is 462 g/mol. The topological polar surface area (TPSA) is 83.5 Å². The number of hydrogen-bond acceptors (Lipinski definition) is 7. The zero-order valence-corrected chi connectivity index (χ0v) is 20.8. The number of rotatable bonds is 8. The van der Waals surface area contributed by atoms with Gasteiger partial charge >= 0.3 is 5.97 Å². The summed E-state index contributed by atoms with van der Waals surface area (Å²) >= 11 is 0. The summed E-state index contributed by atoms with van der Waals surface area (Å²) in [5, 5.41) is 0. The van der Waals surface area contributed by atoms with Crippen LogP contribution in [0.5, 0.6) is 23.0 Å². The van der Waals surface area contributed by atoms with Gasteiger partial charge in [0.15, 0.2) is 11.5 Å². The minimum absolute atomic E-state index is 0.150. The molecule has 1 atom stereocenters. The molecule has 8 heteroatoms. The molecule has 1 aliphatic heterocycles. The zero-order valence-electron chi connectivity index (χ0n) is 20.8. The van der Waals surface area contributed by atoms with E-state index in [0.29, 0.717) is 47.1 Å². The molecule has 0 aromatic heterocycles. The molecule has 0 aliphatic carbocycles. The number of amides is 1. The predicted octanol–water partition coefficient (Wildman–Crippen LogP) is 4.32. The molecular formula is C28H29NO7. The van der Waals surface area contributed by atoms with Crippen molar-refractivity contribution in [2.24, 2.45) is 0 Å². The van der Waals surface area contributed by atoms with Gasteiger partial charge in [0, 0.05) is 6.54 Å². The maximum absolute atomic E-state index is 13.7. The van der Waals surface area contributed by atoms with Crippen molar-refractivity contribution < 1.29 is 33.3 Å². The third kappa shape index (κ3) is 4.93. The number of carbonyl (C=O) groups is 2. The summed E-state index contributed by atoms with van der Waals surface area (Å²) in [6.07, 6.45) is 0.654. The van der Waals surface area contributed by atoms with Gasteiger partial charge in [-0.1, -0.05) is 12.1 Å². The third-order valence-corrected chi connectivity index (χ3v) is 6.28. The lowest BCUT2D eigenvalue weighted by molar-refractivity contribution is 0.0580. The Labute approximate surface area is 210 Å². The van der Waals surface area contributed by atoms with E-state index in [2.05, 4.69) is 0 Å². The maximum Gasteiger partial charge on any atom is 0.337 e. The van der Waals surface area contributed by atoms with Gasteiger partial charge in [0.1, 0.15) is 18.1 Å². The molecule has 1 unspecified atom stereocenters. The molecule has 0 fully saturated rings. The molecule has 0 saturated carbocycles. The van der Waals surface area contributed by atoms with Crippen LogP contribution in [0.15, 0.2) is 60.7 Å². The maximum atomic E-state index is 13.7. The molecule has 188 valence electrons. The minimum Gasteiger partial charge on any atom is -0.496 e. The Morgan fingerprint density at radius 3 is 2.19 bits per heavy atom. The Hall–Kier alpha value is -4.20. The highest BCUT2D eigenvalue weighted by Crippen LogP contribution is 2.39. The number of esters is 1. The first-order valence-electron chi connectivity index (χ1n) is 11.5. The molecule has 3 aromatic rings. The number of methoxy groups -OCH3 is 4. The van der Waals surface area contributed by atoms with Gasteiger partial charge in [0.05, 0.1) is 45.6 Å². The number of carbonyl (C=O) groups excluding carboxylic acids is 2. The SMILES string of the molecule is COC(=O)c1ccc(OCC2c3cc(OC)c(OC)cc3CCN2C(=O)c2ccccc2OC)cc1. The van der Waals surface area contributed by atoms with E-state index in [1.165, 1.54) is 7.11 Å². The molecule has 0 spiro atoms. The smallest absolute Gasteiger partial charge is 0.337 e. The molecule has 1 aliphatic rings. The van der Waals surface area contributed by atoms with Gasteiger partial charge in [-0.25, -0.2) is 4.79 Å². The molecule has 36 heavy (non-hydrogen) atoms. The zero-order chi connectivity index (χ0) is 25.7. The average Bonchev–Trinajstić information content (AvgIpc) is 2.94. The second kappa shape index (κ2) is 11.0. The van der Waals surface area contributed by atoms with Crippen molar-refractivity contribution in [2.75, 3.05) is 41.6 Å². The van der Waals surface area contributed by atoms with Crippen molar-refractivity contribution in [3.63, 3.8) is 0 Å². The highest BCUT2D eigenvalue weighted by molar-refractivity contribution is 5.97. The van der Waals surface area contributed by atoms with Crippen molar-refractivity contribution in [1.82, 2.24) is 4.90 Å². The average molecular weight is 492 g/mol. The number of fused-ring (bicyclic) bond motifs is 1. The van der Waals surface area contributed by atoms with Gasteiger partial charge in [-0.2, -0.15) is 0 Å². The molecule has 4 rings (SSSR count). The largest absolute Gasteiger partial charge is 0.496 e. The third-order valence-electron chi connectivity index (χ3n) is 6.28. The fourth-order valence-corrected chi connectivity index (χ4v) is 4.41. The number of ether oxygens (including phenoxy) is 5. The molecule has 0 radical (unpaired) electrons. The Morgan fingerprint density at radius 2 is 1.53 bits per heavy atom. The molecule has 3 aromatic carbocycles. The monoisotopic (exact) mass is 491 g/mol. The van der Waals surface area contributed by atoms with E-state index in [1.807, 2.05) is 24.3 Å². The summed E-state index contributed by atoms with van der Waals surface area (Å²) < 4.78 is 27.4. The van der Waals surface area contributed by atoms with E-state index in [9.17, 15) is 9.59 Å². The molecule has 0 saturated heterocycles. The minimum atomic E-state index is -0.419. The Kier molecular flexibility index (Phi) is 7.63. The highest BCUT2D eigenvalue weighted by atomic mass is 16.5. The van der Waals surface area contributed by atoms with Crippen LogP contribution in [-0.4, -0.2) is 58.4 Å². The first-order chi connectivity index (χ1) is 17.5. The van der Waals surface area contributed by atoms with Crippen molar-refractivity contribution in [1.29, 1.82) is 0 Å². The fraction of sp³-hybridized carbons (Fsp3) is 0.286. The van der Waals surface area contributed by atoms with Crippen LogP contribution in [0.25, 0.3) is 0 Å². The van der Waals surface area contributed by atoms with Gasteiger partial charge < -0.3 is 28.6 Å². The molecule has 0 N–H and O–H groups in total. The van der Waals surface area contributed by atoms with Gasteiger partial charge in [-0.15, -0.1) is 0 Å².